The normalized spacial score (nSPS) is 16.6. The van der Waals surface area contributed by atoms with Crippen molar-refractivity contribution in [2.24, 2.45) is 5.73 Å². The van der Waals surface area contributed by atoms with Crippen LogP contribution in [0.1, 0.15) is 52.6 Å². The van der Waals surface area contributed by atoms with Crippen molar-refractivity contribution in [3.8, 4) is 0 Å². The van der Waals surface area contributed by atoms with Gasteiger partial charge in [-0.25, -0.2) is 0 Å². The maximum Gasteiger partial charge on any atom is 0.126 e. The first kappa shape index (κ1) is 12.0. The first-order valence-corrected chi connectivity index (χ1v) is 7.55. The van der Waals surface area contributed by atoms with E-state index >= 15 is 0 Å². The Hall–Kier alpha value is -1.06. The summed E-state index contributed by atoms with van der Waals surface area (Å²) in [6.45, 7) is 2.10. The van der Waals surface area contributed by atoms with E-state index in [0.29, 0.717) is 0 Å². The average Bonchev–Trinajstić information content (AvgIpc) is 3.04. The van der Waals surface area contributed by atoms with Crippen molar-refractivity contribution < 1.29 is 4.42 Å². The molecule has 2 heterocycles. The topological polar surface area (TPSA) is 39.2 Å². The molecule has 0 aromatic carbocycles. The molecule has 1 aliphatic rings. The third kappa shape index (κ3) is 2.13. The zero-order valence-electron chi connectivity index (χ0n) is 10.7. The molecule has 18 heavy (non-hydrogen) atoms. The lowest BCUT2D eigenvalue weighted by molar-refractivity contribution is 0.455. The van der Waals surface area contributed by atoms with Gasteiger partial charge in [-0.15, -0.1) is 11.3 Å². The van der Waals surface area contributed by atoms with Crippen LogP contribution in [0.5, 0.6) is 0 Å². The molecule has 0 saturated heterocycles. The number of rotatable bonds is 3. The summed E-state index contributed by atoms with van der Waals surface area (Å²) in [4.78, 5) is 2.79. The highest BCUT2D eigenvalue weighted by Crippen LogP contribution is 2.34. The quantitative estimate of drug-likeness (QED) is 0.912. The number of hydrogen-bond donors (Lipinski definition) is 1. The summed E-state index contributed by atoms with van der Waals surface area (Å²) in [5, 5.41) is 0. The second kappa shape index (κ2) is 4.90. The number of aryl methyl sites for hydroxylation is 3. The SMILES string of the molecule is CCc1ccc(C(N)c2cc3c(s2)CCCC3)o1. The molecule has 2 nitrogen and oxygen atoms in total. The summed E-state index contributed by atoms with van der Waals surface area (Å²) in [6.07, 6.45) is 6.01. The van der Waals surface area contributed by atoms with Crippen LogP contribution in [0.3, 0.4) is 0 Å². The minimum Gasteiger partial charge on any atom is -0.464 e. The van der Waals surface area contributed by atoms with E-state index in [1.807, 2.05) is 23.5 Å². The third-order valence-electron chi connectivity index (χ3n) is 3.66. The van der Waals surface area contributed by atoms with Gasteiger partial charge >= 0.3 is 0 Å². The smallest absolute Gasteiger partial charge is 0.126 e. The van der Waals surface area contributed by atoms with E-state index in [-0.39, 0.29) is 6.04 Å². The summed E-state index contributed by atoms with van der Waals surface area (Å²) in [7, 11) is 0. The van der Waals surface area contributed by atoms with E-state index in [2.05, 4.69) is 13.0 Å². The fraction of sp³-hybridized carbons (Fsp3) is 0.467. The summed E-state index contributed by atoms with van der Waals surface area (Å²) in [5.41, 5.74) is 7.83. The van der Waals surface area contributed by atoms with E-state index in [9.17, 15) is 0 Å². The van der Waals surface area contributed by atoms with Gasteiger partial charge in [0.05, 0.1) is 6.04 Å². The van der Waals surface area contributed by atoms with Crippen LogP contribution in [0.2, 0.25) is 0 Å². The maximum atomic E-state index is 6.31. The molecule has 1 atom stereocenters. The highest BCUT2D eigenvalue weighted by Gasteiger charge is 2.19. The van der Waals surface area contributed by atoms with Gasteiger partial charge < -0.3 is 10.2 Å². The molecule has 1 aliphatic carbocycles. The molecule has 2 N–H and O–H groups in total. The van der Waals surface area contributed by atoms with Crippen LogP contribution in [0, 0.1) is 0 Å². The largest absolute Gasteiger partial charge is 0.464 e. The molecule has 0 fully saturated rings. The summed E-state index contributed by atoms with van der Waals surface area (Å²) in [6, 6.07) is 6.24. The lowest BCUT2D eigenvalue weighted by Crippen LogP contribution is -2.08. The van der Waals surface area contributed by atoms with Crippen molar-refractivity contribution in [1.29, 1.82) is 0 Å². The Kier molecular flexibility index (Phi) is 3.27. The zero-order chi connectivity index (χ0) is 12.5. The Morgan fingerprint density at radius 2 is 2.17 bits per heavy atom. The molecule has 3 heteroatoms. The van der Waals surface area contributed by atoms with Gasteiger partial charge in [0.1, 0.15) is 11.5 Å². The molecule has 2 aromatic rings. The number of hydrogen-bond acceptors (Lipinski definition) is 3. The first-order chi connectivity index (χ1) is 8.78. The fourth-order valence-electron chi connectivity index (χ4n) is 2.56. The minimum atomic E-state index is -0.0964. The minimum absolute atomic E-state index is 0.0964. The standard InChI is InChI=1S/C15H19NOS/c1-2-11-7-8-12(17-11)15(16)14-9-10-5-3-4-6-13(10)18-14/h7-9,15H,2-6,16H2,1H3. The predicted octanol–water partition coefficient (Wildman–Crippen LogP) is 3.83. The fourth-order valence-corrected chi connectivity index (χ4v) is 3.83. The average molecular weight is 261 g/mol. The summed E-state index contributed by atoms with van der Waals surface area (Å²) >= 11 is 1.87. The molecule has 0 radical (unpaired) electrons. The number of thiophene rings is 1. The lowest BCUT2D eigenvalue weighted by Gasteiger charge is -2.08. The maximum absolute atomic E-state index is 6.31. The molecule has 0 aliphatic heterocycles. The van der Waals surface area contributed by atoms with Crippen molar-refractivity contribution in [2.45, 2.75) is 45.1 Å². The van der Waals surface area contributed by atoms with Crippen LogP contribution < -0.4 is 5.73 Å². The molecule has 0 spiro atoms. The van der Waals surface area contributed by atoms with Crippen LogP contribution in [0.25, 0.3) is 0 Å². The summed E-state index contributed by atoms with van der Waals surface area (Å²) in [5.74, 6) is 1.91. The van der Waals surface area contributed by atoms with Crippen molar-refractivity contribution in [3.63, 3.8) is 0 Å². The van der Waals surface area contributed by atoms with Crippen molar-refractivity contribution in [1.82, 2.24) is 0 Å². The second-order valence-corrected chi connectivity index (χ2v) is 6.11. The van der Waals surface area contributed by atoms with Gasteiger partial charge in [-0.3, -0.25) is 0 Å². The molecule has 0 amide bonds. The third-order valence-corrected chi connectivity index (χ3v) is 4.98. The van der Waals surface area contributed by atoms with Gasteiger partial charge in [0.25, 0.3) is 0 Å². The Balaban J connectivity index is 1.87. The van der Waals surface area contributed by atoms with Gasteiger partial charge in [0.2, 0.25) is 0 Å². The van der Waals surface area contributed by atoms with Crippen LogP contribution >= 0.6 is 11.3 Å². The Bertz CT molecular complexity index is 517. The van der Waals surface area contributed by atoms with Crippen molar-refractivity contribution in [2.75, 3.05) is 0 Å². The highest BCUT2D eigenvalue weighted by molar-refractivity contribution is 7.12. The van der Waals surface area contributed by atoms with Gasteiger partial charge in [-0.2, -0.15) is 0 Å². The van der Waals surface area contributed by atoms with E-state index < -0.39 is 0 Å². The van der Waals surface area contributed by atoms with Crippen molar-refractivity contribution >= 4 is 11.3 Å². The van der Waals surface area contributed by atoms with Crippen LogP contribution in [-0.4, -0.2) is 0 Å². The monoisotopic (exact) mass is 261 g/mol. The molecular weight excluding hydrogens is 242 g/mol. The molecule has 96 valence electrons. The van der Waals surface area contributed by atoms with Crippen LogP contribution in [0.4, 0.5) is 0 Å². The lowest BCUT2D eigenvalue weighted by atomic mass is 9.99. The van der Waals surface area contributed by atoms with E-state index in [0.717, 1.165) is 17.9 Å². The summed E-state index contributed by atoms with van der Waals surface area (Å²) < 4.78 is 5.76. The molecule has 1 unspecified atom stereocenters. The van der Waals surface area contributed by atoms with Crippen LogP contribution in [-0.2, 0) is 19.3 Å². The van der Waals surface area contributed by atoms with Gasteiger partial charge in [0, 0.05) is 16.2 Å². The molecule has 3 rings (SSSR count). The highest BCUT2D eigenvalue weighted by atomic mass is 32.1. The van der Waals surface area contributed by atoms with Crippen LogP contribution in [0.15, 0.2) is 22.6 Å². The number of fused-ring (bicyclic) bond motifs is 1. The first-order valence-electron chi connectivity index (χ1n) is 6.73. The van der Waals surface area contributed by atoms with E-state index in [1.54, 1.807) is 0 Å². The van der Waals surface area contributed by atoms with E-state index in [1.165, 1.54) is 41.0 Å². The molecule has 0 saturated carbocycles. The van der Waals surface area contributed by atoms with E-state index in [4.69, 9.17) is 10.2 Å². The zero-order valence-corrected chi connectivity index (χ0v) is 11.6. The number of furan rings is 1. The van der Waals surface area contributed by atoms with Gasteiger partial charge in [-0.1, -0.05) is 6.92 Å². The Morgan fingerprint density at radius 3 is 2.89 bits per heavy atom. The number of nitrogens with two attached hydrogens (primary N) is 1. The Labute approximate surface area is 112 Å². The van der Waals surface area contributed by atoms with Gasteiger partial charge in [-0.05, 0) is 49.4 Å². The molecule has 0 bridgehead atoms. The second-order valence-electron chi connectivity index (χ2n) is 4.94. The Morgan fingerprint density at radius 1 is 1.33 bits per heavy atom. The molecular formula is C15H19NOS. The van der Waals surface area contributed by atoms with Crippen molar-refractivity contribution in [3.05, 3.63) is 45.0 Å². The molecule has 2 aromatic heterocycles. The predicted molar refractivity (Wildman–Crippen MR) is 75.1 cm³/mol. The van der Waals surface area contributed by atoms with Gasteiger partial charge in [0.15, 0.2) is 0 Å².